The molecule has 4 rings (SSSR count). The van der Waals surface area contributed by atoms with Gasteiger partial charge < -0.3 is 15.2 Å². The molecule has 0 bridgehead atoms. The number of hydrogen-bond acceptors (Lipinski definition) is 3. The highest BCUT2D eigenvalue weighted by Gasteiger charge is 2.49. The Morgan fingerprint density at radius 2 is 2.04 bits per heavy atom. The zero-order valence-electron chi connectivity index (χ0n) is 11.8. The Bertz CT molecular complexity index is 787. The lowest BCUT2D eigenvalue weighted by Crippen LogP contribution is -2.47. The maximum Gasteiger partial charge on any atom is 0.330 e. The van der Waals surface area contributed by atoms with Crippen LogP contribution in [0, 0.1) is 0 Å². The SMILES string of the molecule is O=C(O)C1Nc2cc(Cl)cc(Cl)c2C2C3=C(CCC(Cl)=C3)OC12. The highest BCUT2D eigenvalue weighted by molar-refractivity contribution is 6.36. The third kappa shape index (κ3) is 2.32. The van der Waals surface area contributed by atoms with E-state index in [1.165, 1.54) is 0 Å². The minimum atomic E-state index is -0.975. The van der Waals surface area contributed by atoms with Crippen molar-refractivity contribution < 1.29 is 14.6 Å². The molecular formula is C16H12Cl3NO3. The largest absolute Gasteiger partial charge is 0.491 e. The Morgan fingerprint density at radius 1 is 1.26 bits per heavy atom. The van der Waals surface area contributed by atoms with Crippen LogP contribution in [-0.2, 0) is 9.53 Å². The van der Waals surface area contributed by atoms with E-state index >= 15 is 0 Å². The summed E-state index contributed by atoms with van der Waals surface area (Å²) in [5.74, 6) is -0.436. The van der Waals surface area contributed by atoms with Gasteiger partial charge in [-0.05, 0) is 24.6 Å². The van der Waals surface area contributed by atoms with Crippen molar-refractivity contribution in [2.75, 3.05) is 5.32 Å². The number of anilines is 1. The summed E-state index contributed by atoms with van der Waals surface area (Å²) in [6.45, 7) is 0. The van der Waals surface area contributed by atoms with E-state index in [0.29, 0.717) is 28.6 Å². The lowest BCUT2D eigenvalue weighted by atomic mass is 9.79. The highest BCUT2D eigenvalue weighted by atomic mass is 35.5. The van der Waals surface area contributed by atoms with E-state index in [1.807, 2.05) is 6.08 Å². The molecule has 2 N–H and O–H groups in total. The first-order chi connectivity index (χ1) is 11.0. The summed E-state index contributed by atoms with van der Waals surface area (Å²) in [7, 11) is 0. The molecule has 23 heavy (non-hydrogen) atoms. The normalized spacial score (nSPS) is 28.1. The Kier molecular flexibility index (Phi) is 3.52. The molecule has 120 valence electrons. The quantitative estimate of drug-likeness (QED) is 0.760. The number of carboxylic acids is 1. The van der Waals surface area contributed by atoms with E-state index in [2.05, 4.69) is 5.32 Å². The minimum Gasteiger partial charge on any atom is -0.491 e. The average molecular weight is 373 g/mol. The van der Waals surface area contributed by atoms with E-state index in [1.54, 1.807) is 12.1 Å². The molecule has 0 amide bonds. The molecule has 0 saturated heterocycles. The number of allylic oxidation sites excluding steroid dienone is 3. The molecule has 1 aromatic carbocycles. The van der Waals surface area contributed by atoms with Gasteiger partial charge in [0.15, 0.2) is 6.04 Å². The van der Waals surface area contributed by atoms with E-state index in [0.717, 1.165) is 21.9 Å². The van der Waals surface area contributed by atoms with Crippen LogP contribution in [-0.4, -0.2) is 23.2 Å². The van der Waals surface area contributed by atoms with Crippen molar-refractivity contribution in [3.8, 4) is 0 Å². The maximum absolute atomic E-state index is 11.7. The van der Waals surface area contributed by atoms with Crippen LogP contribution in [0.3, 0.4) is 0 Å². The molecule has 1 aliphatic carbocycles. The van der Waals surface area contributed by atoms with Gasteiger partial charge in [0.2, 0.25) is 0 Å². The predicted octanol–water partition coefficient (Wildman–Crippen LogP) is 4.53. The molecule has 2 heterocycles. The van der Waals surface area contributed by atoms with Gasteiger partial charge >= 0.3 is 5.97 Å². The molecule has 3 aliphatic rings. The zero-order valence-corrected chi connectivity index (χ0v) is 14.0. The van der Waals surface area contributed by atoms with Crippen molar-refractivity contribution in [2.24, 2.45) is 0 Å². The van der Waals surface area contributed by atoms with Gasteiger partial charge in [0, 0.05) is 38.3 Å². The molecule has 7 heteroatoms. The third-order valence-corrected chi connectivity index (χ3v) is 5.31. The number of ether oxygens (including phenoxy) is 1. The molecule has 0 spiro atoms. The summed E-state index contributed by atoms with van der Waals surface area (Å²) in [6.07, 6.45) is 2.70. The van der Waals surface area contributed by atoms with Gasteiger partial charge in [0.05, 0.1) is 5.92 Å². The van der Waals surface area contributed by atoms with Gasteiger partial charge in [-0.25, -0.2) is 4.79 Å². The third-order valence-electron chi connectivity index (χ3n) is 4.48. The molecular weight excluding hydrogens is 361 g/mol. The van der Waals surface area contributed by atoms with Crippen LogP contribution < -0.4 is 5.32 Å². The standard InChI is InChI=1S/C16H12Cl3NO3/c17-6-1-2-11-8(3-6)12-13-9(19)4-7(18)5-10(13)20-14(16(21)22)15(12)23-11/h3-5,12,14-15,20H,1-2H2,(H,21,22). The number of hydrogen-bond donors (Lipinski definition) is 2. The minimum absolute atomic E-state index is 0.263. The molecule has 0 fully saturated rings. The van der Waals surface area contributed by atoms with Crippen molar-refractivity contribution >= 4 is 46.5 Å². The first kappa shape index (κ1) is 15.2. The second kappa shape index (κ2) is 5.33. The van der Waals surface area contributed by atoms with E-state index in [4.69, 9.17) is 39.5 Å². The van der Waals surface area contributed by atoms with E-state index in [9.17, 15) is 9.90 Å². The lowest BCUT2D eigenvalue weighted by molar-refractivity contribution is -0.140. The fraction of sp³-hybridized carbons (Fsp3) is 0.312. The van der Waals surface area contributed by atoms with Gasteiger partial charge in [-0.1, -0.05) is 34.8 Å². The van der Waals surface area contributed by atoms with E-state index < -0.39 is 18.1 Å². The highest BCUT2D eigenvalue weighted by Crippen LogP contribution is 2.52. The summed E-state index contributed by atoms with van der Waals surface area (Å²) in [6, 6.07) is 2.48. The van der Waals surface area contributed by atoms with Crippen LogP contribution in [0.15, 0.2) is 34.6 Å². The van der Waals surface area contributed by atoms with Gasteiger partial charge in [-0.2, -0.15) is 0 Å². The first-order valence-corrected chi connectivity index (χ1v) is 8.33. The summed E-state index contributed by atoms with van der Waals surface area (Å²) in [4.78, 5) is 11.7. The number of nitrogens with one attached hydrogen (secondary N) is 1. The summed E-state index contributed by atoms with van der Waals surface area (Å²) in [5, 5.41) is 14.2. The van der Waals surface area contributed by atoms with Crippen molar-refractivity contribution in [1.82, 2.24) is 0 Å². The van der Waals surface area contributed by atoms with Crippen LogP contribution in [0.25, 0.3) is 0 Å². The Morgan fingerprint density at radius 3 is 2.78 bits per heavy atom. The number of fused-ring (bicyclic) bond motifs is 4. The van der Waals surface area contributed by atoms with Crippen molar-refractivity contribution in [3.63, 3.8) is 0 Å². The van der Waals surface area contributed by atoms with Crippen LogP contribution in [0.1, 0.15) is 24.3 Å². The molecule has 1 aromatic rings. The summed E-state index contributed by atoms with van der Waals surface area (Å²) >= 11 is 18.7. The Balaban J connectivity index is 1.91. The molecule has 0 saturated carbocycles. The lowest BCUT2D eigenvalue weighted by Gasteiger charge is -2.35. The van der Waals surface area contributed by atoms with Crippen LogP contribution in [0.5, 0.6) is 0 Å². The van der Waals surface area contributed by atoms with Crippen molar-refractivity contribution in [1.29, 1.82) is 0 Å². The van der Waals surface area contributed by atoms with E-state index in [-0.39, 0.29) is 5.92 Å². The van der Waals surface area contributed by atoms with Gasteiger partial charge in [-0.15, -0.1) is 0 Å². The number of rotatable bonds is 1. The molecule has 0 radical (unpaired) electrons. The second-order valence-corrected chi connectivity index (χ2v) is 7.17. The number of aliphatic carboxylic acids is 1. The topological polar surface area (TPSA) is 58.6 Å². The van der Waals surface area contributed by atoms with Crippen molar-refractivity contribution in [2.45, 2.75) is 30.9 Å². The maximum atomic E-state index is 11.7. The fourth-order valence-electron chi connectivity index (χ4n) is 3.55. The second-order valence-electron chi connectivity index (χ2n) is 5.84. The molecule has 4 nitrogen and oxygen atoms in total. The van der Waals surface area contributed by atoms with Crippen LogP contribution >= 0.6 is 34.8 Å². The summed E-state index contributed by atoms with van der Waals surface area (Å²) < 4.78 is 5.98. The smallest absolute Gasteiger partial charge is 0.330 e. The van der Waals surface area contributed by atoms with Crippen LogP contribution in [0.2, 0.25) is 10.0 Å². The van der Waals surface area contributed by atoms with Gasteiger partial charge in [-0.3, -0.25) is 0 Å². The van der Waals surface area contributed by atoms with Gasteiger partial charge in [0.25, 0.3) is 0 Å². The molecule has 0 aromatic heterocycles. The molecule has 2 aliphatic heterocycles. The number of carboxylic acid groups (broad SMARTS) is 1. The number of benzene rings is 1. The number of carbonyl (C=O) groups is 1. The van der Waals surface area contributed by atoms with Gasteiger partial charge in [0.1, 0.15) is 11.9 Å². The fourth-order valence-corrected chi connectivity index (χ4v) is 4.37. The predicted molar refractivity (Wildman–Crippen MR) is 89.3 cm³/mol. The Hall–Kier alpha value is -1.36. The zero-order chi connectivity index (χ0) is 16.3. The Labute approximate surface area is 147 Å². The van der Waals surface area contributed by atoms with Crippen molar-refractivity contribution in [3.05, 3.63) is 50.2 Å². The molecule has 3 atom stereocenters. The monoisotopic (exact) mass is 371 g/mol. The average Bonchev–Trinajstić information content (AvgIpc) is 2.84. The van der Waals surface area contributed by atoms with Crippen LogP contribution in [0.4, 0.5) is 5.69 Å². The summed E-state index contributed by atoms with van der Waals surface area (Å²) in [5.41, 5.74) is 2.36. The number of halogens is 3. The first-order valence-electron chi connectivity index (χ1n) is 7.20. The molecule has 3 unspecified atom stereocenters.